The first-order valence-electron chi connectivity index (χ1n) is 9.85. The predicted molar refractivity (Wildman–Crippen MR) is 106 cm³/mol. The van der Waals surface area contributed by atoms with Crippen LogP contribution in [0.15, 0.2) is 24.3 Å². The van der Waals surface area contributed by atoms with E-state index in [1.165, 1.54) is 13.1 Å². The molecule has 6 nitrogen and oxygen atoms in total. The highest BCUT2D eigenvalue weighted by Crippen LogP contribution is 2.42. The van der Waals surface area contributed by atoms with E-state index in [-0.39, 0.29) is 48.0 Å². The number of nitrogen functional groups attached to an aromatic ring is 1. The number of carbonyl (C=O) groups excluding carboxylic acids is 1. The zero-order chi connectivity index (χ0) is 23.7. The Bertz CT molecular complexity index is 1330. The van der Waals surface area contributed by atoms with E-state index in [2.05, 4.69) is 4.98 Å². The topological polar surface area (TPSA) is 77.7 Å². The summed E-state index contributed by atoms with van der Waals surface area (Å²) in [5.41, 5.74) is 5.85. The molecule has 2 aliphatic heterocycles. The van der Waals surface area contributed by atoms with E-state index in [1.807, 2.05) is 0 Å². The van der Waals surface area contributed by atoms with Gasteiger partial charge in [0.05, 0.1) is 41.5 Å². The first-order chi connectivity index (χ1) is 15.6. The van der Waals surface area contributed by atoms with E-state index in [9.17, 15) is 26.7 Å². The van der Waals surface area contributed by atoms with E-state index >= 15 is 0 Å². The summed E-state index contributed by atoms with van der Waals surface area (Å²) in [4.78, 5) is 18.4. The SMILES string of the molecule is CN(C(=O)c1cc2c3c(c(N)nc2cc1F)COC3)[C@H]1COc2cc(C(F)(F)F)cc(F)c21. The zero-order valence-electron chi connectivity index (χ0n) is 17.1. The maximum absolute atomic E-state index is 14.9. The lowest BCUT2D eigenvalue weighted by atomic mass is 10.0. The maximum atomic E-state index is 14.9. The van der Waals surface area contributed by atoms with Gasteiger partial charge in [0, 0.05) is 24.1 Å². The third-order valence-electron chi connectivity index (χ3n) is 5.98. The minimum atomic E-state index is -4.76. The van der Waals surface area contributed by atoms with Crippen LogP contribution in [0.4, 0.5) is 27.8 Å². The highest BCUT2D eigenvalue weighted by Gasteiger charge is 2.39. The summed E-state index contributed by atoms with van der Waals surface area (Å²) < 4.78 is 79.1. The summed E-state index contributed by atoms with van der Waals surface area (Å²) in [6.07, 6.45) is -4.76. The molecule has 0 aliphatic carbocycles. The van der Waals surface area contributed by atoms with Gasteiger partial charge < -0.3 is 20.1 Å². The van der Waals surface area contributed by atoms with Crippen LogP contribution in [0.3, 0.4) is 0 Å². The number of likely N-dealkylation sites (N-methyl/N-ethyl adjacent to an activating group) is 1. The van der Waals surface area contributed by atoms with E-state index in [0.717, 1.165) is 11.0 Å². The molecule has 0 unspecified atom stereocenters. The summed E-state index contributed by atoms with van der Waals surface area (Å²) in [6.45, 7) is 0.205. The van der Waals surface area contributed by atoms with Crippen molar-refractivity contribution in [2.45, 2.75) is 25.4 Å². The van der Waals surface area contributed by atoms with Gasteiger partial charge in [-0.15, -0.1) is 0 Å². The Kier molecular flexibility index (Phi) is 4.71. The number of pyridine rings is 1. The molecule has 2 aliphatic rings. The van der Waals surface area contributed by atoms with Crippen molar-refractivity contribution in [1.29, 1.82) is 0 Å². The molecule has 0 saturated carbocycles. The molecule has 0 fully saturated rings. The number of rotatable bonds is 2. The van der Waals surface area contributed by atoms with Crippen molar-refractivity contribution in [3.8, 4) is 5.75 Å². The molecule has 33 heavy (non-hydrogen) atoms. The Hall–Kier alpha value is -3.47. The third kappa shape index (κ3) is 3.34. The molecule has 2 aromatic carbocycles. The third-order valence-corrected chi connectivity index (χ3v) is 5.98. The van der Waals surface area contributed by atoms with Crippen molar-refractivity contribution in [3.63, 3.8) is 0 Å². The molecule has 1 atom stereocenters. The van der Waals surface area contributed by atoms with Gasteiger partial charge in [0.15, 0.2) is 0 Å². The number of benzene rings is 2. The molecule has 11 heteroatoms. The fourth-order valence-corrected chi connectivity index (χ4v) is 4.24. The van der Waals surface area contributed by atoms with Gasteiger partial charge in [0.1, 0.15) is 29.8 Å². The summed E-state index contributed by atoms with van der Waals surface area (Å²) in [5, 5.41) is 0.499. The lowest BCUT2D eigenvalue weighted by Gasteiger charge is -2.24. The van der Waals surface area contributed by atoms with Crippen LogP contribution >= 0.6 is 0 Å². The summed E-state index contributed by atoms with van der Waals surface area (Å²) in [5.74, 6) is -2.90. The van der Waals surface area contributed by atoms with Crippen LogP contribution in [0.1, 0.15) is 38.7 Å². The first kappa shape index (κ1) is 21.4. The van der Waals surface area contributed by atoms with Crippen LogP contribution in [0.25, 0.3) is 10.9 Å². The van der Waals surface area contributed by atoms with E-state index in [0.29, 0.717) is 28.6 Å². The monoisotopic (exact) mass is 465 g/mol. The molecule has 0 bridgehead atoms. The number of anilines is 1. The fourth-order valence-electron chi connectivity index (χ4n) is 4.24. The van der Waals surface area contributed by atoms with Crippen LogP contribution in [0.5, 0.6) is 5.75 Å². The van der Waals surface area contributed by atoms with Gasteiger partial charge in [0.25, 0.3) is 5.91 Å². The van der Waals surface area contributed by atoms with Gasteiger partial charge >= 0.3 is 6.18 Å². The average molecular weight is 465 g/mol. The van der Waals surface area contributed by atoms with Gasteiger partial charge in [-0.25, -0.2) is 13.8 Å². The number of aromatic nitrogens is 1. The number of halogens is 5. The van der Waals surface area contributed by atoms with E-state index < -0.39 is 35.3 Å². The zero-order valence-corrected chi connectivity index (χ0v) is 17.1. The molecule has 0 spiro atoms. The standard InChI is InChI=1S/C22H16F5N3O3/c1-30(17-8-33-18-3-9(22(25,26)27)2-15(24)19(17)18)21(31)11-4-10-12-6-32-7-13(12)20(28)29-16(10)5-14(11)23/h2-5,17H,6-8H2,1H3,(H2,28,29)/t17-/m0/s1. The van der Waals surface area contributed by atoms with Crippen LogP contribution < -0.4 is 10.5 Å². The summed E-state index contributed by atoms with van der Waals surface area (Å²) >= 11 is 0. The van der Waals surface area contributed by atoms with Crippen molar-refractivity contribution in [2.24, 2.45) is 0 Å². The Morgan fingerprint density at radius 3 is 2.58 bits per heavy atom. The molecular formula is C22H16F5N3O3. The normalized spacial score (nSPS) is 17.1. The van der Waals surface area contributed by atoms with Crippen molar-refractivity contribution in [2.75, 3.05) is 19.4 Å². The number of hydrogen-bond donors (Lipinski definition) is 1. The predicted octanol–water partition coefficient (Wildman–Crippen LogP) is 4.35. The highest BCUT2D eigenvalue weighted by molar-refractivity contribution is 5.99. The van der Waals surface area contributed by atoms with Crippen LogP contribution in [-0.4, -0.2) is 29.4 Å². The van der Waals surface area contributed by atoms with Crippen LogP contribution in [0, 0.1) is 11.6 Å². The lowest BCUT2D eigenvalue weighted by molar-refractivity contribution is -0.137. The highest BCUT2D eigenvalue weighted by atomic mass is 19.4. The second-order valence-corrected chi connectivity index (χ2v) is 7.91. The Morgan fingerprint density at radius 2 is 1.85 bits per heavy atom. The number of carbonyl (C=O) groups is 1. The van der Waals surface area contributed by atoms with Crippen LogP contribution in [-0.2, 0) is 24.1 Å². The van der Waals surface area contributed by atoms with Crippen molar-refractivity contribution in [1.82, 2.24) is 9.88 Å². The number of fused-ring (bicyclic) bond motifs is 4. The molecule has 3 aromatic rings. The minimum absolute atomic E-state index is 0.191. The van der Waals surface area contributed by atoms with Crippen molar-refractivity contribution < 1.29 is 36.2 Å². The van der Waals surface area contributed by atoms with Gasteiger partial charge in [-0.05, 0) is 23.8 Å². The Morgan fingerprint density at radius 1 is 1.12 bits per heavy atom. The quantitative estimate of drug-likeness (QED) is 0.570. The van der Waals surface area contributed by atoms with Gasteiger partial charge in [-0.1, -0.05) is 0 Å². The Labute approximate surface area is 183 Å². The average Bonchev–Trinajstić information content (AvgIpc) is 3.40. The van der Waals surface area contributed by atoms with E-state index in [4.69, 9.17) is 15.2 Å². The van der Waals surface area contributed by atoms with Gasteiger partial charge in [0.2, 0.25) is 0 Å². The molecule has 5 rings (SSSR count). The minimum Gasteiger partial charge on any atom is -0.491 e. The second kappa shape index (κ2) is 7.27. The number of amides is 1. The Balaban J connectivity index is 1.53. The van der Waals surface area contributed by atoms with Gasteiger partial charge in [-0.3, -0.25) is 4.79 Å². The smallest absolute Gasteiger partial charge is 0.416 e. The van der Waals surface area contributed by atoms with Crippen molar-refractivity contribution in [3.05, 3.63) is 63.7 Å². The molecule has 1 amide bonds. The molecular weight excluding hydrogens is 449 g/mol. The largest absolute Gasteiger partial charge is 0.491 e. The number of alkyl halides is 3. The summed E-state index contributed by atoms with van der Waals surface area (Å²) in [7, 11) is 1.31. The van der Waals surface area contributed by atoms with E-state index in [1.54, 1.807) is 0 Å². The molecule has 0 saturated heterocycles. The molecule has 172 valence electrons. The van der Waals surface area contributed by atoms with Crippen LogP contribution in [0.2, 0.25) is 0 Å². The fraction of sp³-hybridized carbons (Fsp3) is 0.273. The molecule has 1 aromatic heterocycles. The molecule has 2 N–H and O–H groups in total. The molecule has 3 heterocycles. The number of nitrogens with two attached hydrogens (primary N) is 1. The summed E-state index contributed by atoms with van der Waals surface area (Å²) in [6, 6.07) is 2.43. The molecule has 0 radical (unpaired) electrons. The number of nitrogens with zero attached hydrogens (tertiary/aromatic N) is 2. The van der Waals surface area contributed by atoms with Gasteiger partial charge in [-0.2, -0.15) is 13.2 Å². The lowest BCUT2D eigenvalue weighted by Crippen LogP contribution is -2.33. The second-order valence-electron chi connectivity index (χ2n) is 7.91. The number of hydrogen-bond acceptors (Lipinski definition) is 5. The first-order valence-corrected chi connectivity index (χ1v) is 9.85. The van der Waals surface area contributed by atoms with Crippen molar-refractivity contribution >= 4 is 22.6 Å². The number of ether oxygens (including phenoxy) is 2. The maximum Gasteiger partial charge on any atom is 0.416 e.